The molecule has 0 aliphatic carbocycles. The van der Waals surface area contributed by atoms with E-state index in [2.05, 4.69) is 21.8 Å². The molecule has 0 atom stereocenters. The van der Waals surface area contributed by atoms with Crippen molar-refractivity contribution in [2.75, 3.05) is 20.2 Å². The van der Waals surface area contributed by atoms with E-state index in [0.29, 0.717) is 5.75 Å². The average molecular weight is 360 g/mol. The van der Waals surface area contributed by atoms with Gasteiger partial charge in [0.1, 0.15) is 5.75 Å². The number of ether oxygens (including phenoxy) is 1. The van der Waals surface area contributed by atoms with Crippen LogP contribution in [0.3, 0.4) is 0 Å². The van der Waals surface area contributed by atoms with Crippen LogP contribution in [0.25, 0.3) is 0 Å². The van der Waals surface area contributed by atoms with Crippen molar-refractivity contribution in [3.63, 3.8) is 0 Å². The molecule has 3 rings (SSSR count). The normalized spacial score (nSPS) is 15.4. The first-order chi connectivity index (χ1) is 12.1. The predicted molar refractivity (Wildman–Crippen MR) is 98.0 cm³/mol. The van der Waals surface area contributed by atoms with Crippen LogP contribution in [0, 0.1) is 0 Å². The number of likely N-dealkylation sites (tertiary alicyclic amines) is 1. The lowest BCUT2D eigenvalue weighted by atomic mass is 10.1. The quantitative estimate of drug-likeness (QED) is 0.825. The van der Waals surface area contributed by atoms with Gasteiger partial charge in [-0.05, 0) is 61.3 Å². The molecule has 2 aromatic rings. The predicted octanol–water partition coefficient (Wildman–Crippen LogP) is 2.77. The zero-order valence-corrected chi connectivity index (χ0v) is 15.3. The van der Waals surface area contributed by atoms with Crippen LogP contribution in [0.5, 0.6) is 5.75 Å². The summed E-state index contributed by atoms with van der Waals surface area (Å²) in [5.41, 5.74) is 2.21. The van der Waals surface area contributed by atoms with E-state index in [1.165, 1.54) is 31.5 Å². The summed E-state index contributed by atoms with van der Waals surface area (Å²) in [6.07, 6.45) is 2.57. The lowest BCUT2D eigenvalue weighted by Crippen LogP contribution is -2.23. The summed E-state index contributed by atoms with van der Waals surface area (Å²) in [5.74, 6) is 0.632. The van der Waals surface area contributed by atoms with Gasteiger partial charge in [0.05, 0.1) is 12.0 Å². The number of methoxy groups -OCH3 is 1. The van der Waals surface area contributed by atoms with Gasteiger partial charge in [-0.1, -0.05) is 24.3 Å². The van der Waals surface area contributed by atoms with Gasteiger partial charge in [-0.3, -0.25) is 4.90 Å². The van der Waals surface area contributed by atoms with E-state index in [1.807, 2.05) is 12.1 Å². The number of hydrogen-bond donors (Lipinski definition) is 1. The summed E-state index contributed by atoms with van der Waals surface area (Å²) >= 11 is 0. The van der Waals surface area contributed by atoms with Crippen molar-refractivity contribution in [2.45, 2.75) is 30.8 Å². The first-order valence-corrected chi connectivity index (χ1v) is 9.99. The molecule has 1 saturated heterocycles. The van der Waals surface area contributed by atoms with Crippen LogP contribution < -0.4 is 9.46 Å². The Morgan fingerprint density at radius 1 is 0.960 bits per heavy atom. The van der Waals surface area contributed by atoms with E-state index < -0.39 is 10.0 Å². The van der Waals surface area contributed by atoms with Gasteiger partial charge in [0.2, 0.25) is 10.0 Å². The maximum Gasteiger partial charge on any atom is 0.240 e. The molecule has 0 bridgehead atoms. The molecule has 0 aromatic heterocycles. The first-order valence-electron chi connectivity index (χ1n) is 8.51. The van der Waals surface area contributed by atoms with Crippen molar-refractivity contribution in [3.05, 3.63) is 59.7 Å². The molecule has 6 heteroatoms. The highest BCUT2D eigenvalue weighted by Crippen LogP contribution is 2.16. The molecule has 0 radical (unpaired) electrons. The van der Waals surface area contributed by atoms with Gasteiger partial charge in [0, 0.05) is 13.1 Å². The molecule has 1 aliphatic rings. The minimum Gasteiger partial charge on any atom is -0.497 e. The number of nitrogens with one attached hydrogen (secondary N) is 1. The molecule has 1 N–H and O–H groups in total. The second kappa shape index (κ2) is 7.99. The Morgan fingerprint density at radius 2 is 1.56 bits per heavy atom. The molecule has 0 amide bonds. The van der Waals surface area contributed by atoms with E-state index >= 15 is 0 Å². The Labute approximate surface area is 149 Å². The Balaban J connectivity index is 1.58. The molecular formula is C19H24N2O3S. The monoisotopic (exact) mass is 360 g/mol. The molecule has 1 fully saturated rings. The molecule has 0 spiro atoms. The third-order valence-electron chi connectivity index (χ3n) is 4.46. The minimum atomic E-state index is -3.53. The van der Waals surface area contributed by atoms with E-state index in [-0.39, 0.29) is 11.4 Å². The van der Waals surface area contributed by atoms with Gasteiger partial charge in [0.25, 0.3) is 0 Å². The zero-order chi connectivity index (χ0) is 17.7. The van der Waals surface area contributed by atoms with Gasteiger partial charge in [-0.2, -0.15) is 0 Å². The van der Waals surface area contributed by atoms with Crippen LogP contribution in [-0.4, -0.2) is 33.5 Å². The highest BCUT2D eigenvalue weighted by Gasteiger charge is 2.14. The van der Waals surface area contributed by atoms with Crippen molar-refractivity contribution in [1.82, 2.24) is 9.62 Å². The Morgan fingerprint density at radius 3 is 2.16 bits per heavy atom. The number of sulfonamides is 1. The molecule has 134 valence electrons. The second-order valence-electron chi connectivity index (χ2n) is 6.30. The van der Waals surface area contributed by atoms with Crippen LogP contribution in [0.2, 0.25) is 0 Å². The van der Waals surface area contributed by atoms with Gasteiger partial charge in [-0.15, -0.1) is 0 Å². The van der Waals surface area contributed by atoms with Gasteiger partial charge in [0.15, 0.2) is 0 Å². The maximum atomic E-state index is 12.3. The van der Waals surface area contributed by atoms with Crippen LogP contribution in [0.4, 0.5) is 0 Å². The molecular weight excluding hydrogens is 336 g/mol. The van der Waals surface area contributed by atoms with Crippen LogP contribution in [-0.2, 0) is 23.1 Å². The Bertz CT molecular complexity index is 780. The third kappa shape index (κ3) is 4.81. The third-order valence-corrected chi connectivity index (χ3v) is 5.88. The number of rotatable bonds is 7. The van der Waals surface area contributed by atoms with Crippen molar-refractivity contribution >= 4 is 10.0 Å². The number of hydrogen-bond acceptors (Lipinski definition) is 4. The summed E-state index contributed by atoms with van der Waals surface area (Å²) in [5, 5.41) is 0. The highest BCUT2D eigenvalue weighted by atomic mass is 32.2. The summed E-state index contributed by atoms with van der Waals surface area (Å²) in [7, 11) is -1.98. The van der Waals surface area contributed by atoms with E-state index in [1.54, 1.807) is 31.4 Å². The fourth-order valence-electron chi connectivity index (χ4n) is 2.98. The number of nitrogens with zero attached hydrogens (tertiary/aromatic N) is 1. The smallest absolute Gasteiger partial charge is 0.240 e. The summed E-state index contributed by atoms with van der Waals surface area (Å²) in [4.78, 5) is 2.68. The Kier molecular flexibility index (Phi) is 5.73. The van der Waals surface area contributed by atoms with Crippen LogP contribution in [0.1, 0.15) is 24.0 Å². The lowest BCUT2D eigenvalue weighted by molar-refractivity contribution is 0.331. The molecule has 0 saturated carbocycles. The average Bonchev–Trinajstić information content (AvgIpc) is 3.14. The van der Waals surface area contributed by atoms with Gasteiger partial charge >= 0.3 is 0 Å². The molecule has 1 heterocycles. The maximum absolute atomic E-state index is 12.3. The summed E-state index contributed by atoms with van der Waals surface area (Å²) < 4.78 is 32.4. The van der Waals surface area contributed by atoms with E-state index in [9.17, 15) is 8.42 Å². The highest BCUT2D eigenvalue weighted by molar-refractivity contribution is 7.89. The van der Waals surface area contributed by atoms with Crippen LogP contribution in [0.15, 0.2) is 53.4 Å². The van der Waals surface area contributed by atoms with Crippen molar-refractivity contribution < 1.29 is 13.2 Å². The first kappa shape index (κ1) is 17.9. The largest absolute Gasteiger partial charge is 0.497 e. The van der Waals surface area contributed by atoms with E-state index in [0.717, 1.165) is 12.1 Å². The minimum absolute atomic E-state index is 0.235. The Hall–Kier alpha value is -1.89. The standard InChI is InChI=1S/C19H24N2O3S/c1-24-18-8-10-19(11-9-18)25(22,23)20-14-16-4-6-17(7-5-16)15-21-12-2-3-13-21/h4-11,20H,2-3,12-15H2,1H3. The van der Waals surface area contributed by atoms with Gasteiger partial charge in [-0.25, -0.2) is 13.1 Å². The fraction of sp³-hybridized carbons (Fsp3) is 0.368. The van der Waals surface area contributed by atoms with Crippen molar-refractivity contribution in [1.29, 1.82) is 0 Å². The summed E-state index contributed by atoms with van der Waals surface area (Å²) in [6.45, 7) is 3.59. The molecule has 2 aromatic carbocycles. The van der Waals surface area contributed by atoms with Crippen molar-refractivity contribution in [3.8, 4) is 5.75 Å². The molecule has 5 nitrogen and oxygen atoms in total. The fourth-order valence-corrected chi connectivity index (χ4v) is 4.00. The molecule has 25 heavy (non-hydrogen) atoms. The topological polar surface area (TPSA) is 58.6 Å². The SMILES string of the molecule is COc1ccc(S(=O)(=O)NCc2ccc(CN3CCCC3)cc2)cc1. The van der Waals surface area contributed by atoms with E-state index in [4.69, 9.17) is 4.74 Å². The summed E-state index contributed by atoms with van der Waals surface area (Å²) in [6, 6.07) is 14.5. The van der Waals surface area contributed by atoms with Crippen LogP contribution >= 0.6 is 0 Å². The molecule has 1 aliphatic heterocycles. The lowest BCUT2D eigenvalue weighted by Gasteiger charge is -2.14. The zero-order valence-electron chi connectivity index (χ0n) is 14.4. The molecule has 0 unspecified atom stereocenters. The second-order valence-corrected chi connectivity index (χ2v) is 8.07. The van der Waals surface area contributed by atoms with Crippen molar-refractivity contribution in [2.24, 2.45) is 0 Å². The number of benzene rings is 2. The van der Waals surface area contributed by atoms with Gasteiger partial charge < -0.3 is 4.74 Å².